The number of nitrogens with one attached hydrogen (secondary N) is 2. The maximum atomic E-state index is 11.8. The molecular weight excluding hydrogens is 418 g/mol. The molecule has 3 aliphatic heterocycles. The first-order valence-electron chi connectivity index (χ1n) is 11.4. The van der Waals surface area contributed by atoms with Gasteiger partial charge in [-0.25, -0.2) is 9.97 Å². The first kappa shape index (κ1) is 20.2. The number of hydrogen-bond acceptors (Lipinski definition) is 8. The van der Waals surface area contributed by atoms with Crippen LogP contribution in [0.25, 0.3) is 11.3 Å². The van der Waals surface area contributed by atoms with Crippen LogP contribution in [-0.2, 0) is 13.7 Å². The highest BCUT2D eigenvalue weighted by Crippen LogP contribution is 2.38. The third-order valence-corrected chi connectivity index (χ3v) is 6.85. The summed E-state index contributed by atoms with van der Waals surface area (Å²) in [5.41, 5.74) is 4.52. The minimum atomic E-state index is -0.0570. The van der Waals surface area contributed by atoms with Crippen molar-refractivity contribution in [2.75, 3.05) is 49.5 Å². The van der Waals surface area contributed by atoms with Gasteiger partial charge in [-0.3, -0.25) is 9.69 Å². The van der Waals surface area contributed by atoms with E-state index in [0.29, 0.717) is 12.6 Å². The highest BCUT2D eigenvalue weighted by molar-refractivity contribution is 5.76. The van der Waals surface area contributed by atoms with Crippen molar-refractivity contribution in [3.63, 3.8) is 0 Å². The minimum absolute atomic E-state index is 0.0570. The number of ether oxygens (including phenoxy) is 1. The van der Waals surface area contributed by atoms with Gasteiger partial charge < -0.3 is 24.8 Å². The van der Waals surface area contributed by atoms with Crippen LogP contribution in [0.4, 0.5) is 17.2 Å². The van der Waals surface area contributed by atoms with Crippen molar-refractivity contribution < 1.29 is 4.74 Å². The first-order chi connectivity index (χ1) is 16.2. The second-order valence-corrected chi connectivity index (χ2v) is 8.85. The van der Waals surface area contributed by atoms with Crippen LogP contribution in [0.1, 0.15) is 5.56 Å². The Morgan fingerprint density at radius 2 is 1.91 bits per heavy atom. The maximum Gasteiger partial charge on any atom is 0.250 e. The number of hydrogen-bond donors (Lipinski definition) is 2. The van der Waals surface area contributed by atoms with Crippen molar-refractivity contribution in [1.29, 1.82) is 0 Å². The zero-order chi connectivity index (χ0) is 22.4. The molecule has 0 atom stereocenters. The van der Waals surface area contributed by atoms with Crippen molar-refractivity contribution in [3.8, 4) is 17.0 Å². The minimum Gasteiger partial charge on any atom is -0.486 e. The van der Waals surface area contributed by atoms with Crippen LogP contribution in [0.2, 0.25) is 0 Å². The van der Waals surface area contributed by atoms with Crippen LogP contribution in [0.15, 0.2) is 47.7 Å². The number of piperazine rings is 1. The Bertz CT molecular complexity index is 1250. The molecule has 0 unspecified atom stereocenters. The van der Waals surface area contributed by atoms with E-state index in [1.165, 1.54) is 5.69 Å². The van der Waals surface area contributed by atoms with Crippen LogP contribution < -0.4 is 25.8 Å². The third kappa shape index (κ3) is 3.73. The number of fused-ring (bicyclic) bond motifs is 2. The smallest absolute Gasteiger partial charge is 0.250 e. The fourth-order valence-corrected chi connectivity index (χ4v) is 4.73. The molecule has 9 nitrogen and oxygen atoms in total. The average molecular weight is 446 g/mol. The highest BCUT2D eigenvalue weighted by atomic mass is 16.5. The Labute approximate surface area is 192 Å². The second kappa shape index (κ2) is 8.17. The summed E-state index contributed by atoms with van der Waals surface area (Å²) in [7, 11) is 1.74. The molecule has 2 N–H and O–H groups in total. The lowest BCUT2D eigenvalue weighted by Gasteiger charge is -2.44. The van der Waals surface area contributed by atoms with E-state index in [1.54, 1.807) is 36.3 Å². The van der Waals surface area contributed by atoms with Gasteiger partial charge in [-0.1, -0.05) is 0 Å². The molecule has 0 saturated carbocycles. The molecule has 9 heteroatoms. The van der Waals surface area contributed by atoms with E-state index in [0.717, 1.165) is 73.3 Å². The Balaban J connectivity index is 1.26. The van der Waals surface area contributed by atoms with E-state index in [1.807, 2.05) is 6.07 Å². The van der Waals surface area contributed by atoms with Crippen molar-refractivity contribution in [2.45, 2.75) is 12.6 Å². The Morgan fingerprint density at radius 1 is 1.06 bits per heavy atom. The Kier molecular flexibility index (Phi) is 5.00. The van der Waals surface area contributed by atoms with E-state index in [2.05, 4.69) is 42.5 Å². The molecule has 2 fully saturated rings. The third-order valence-electron chi connectivity index (χ3n) is 6.85. The zero-order valence-corrected chi connectivity index (χ0v) is 18.6. The SMILES string of the molecule is Cn1cc(-c2ncnc3c2COc2ccc(N4CCN(C5CNC5)CC4)cc2N3)ccc1=O. The van der Waals surface area contributed by atoms with Crippen molar-refractivity contribution in [1.82, 2.24) is 24.8 Å². The van der Waals surface area contributed by atoms with Gasteiger partial charge >= 0.3 is 0 Å². The van der Waals surface area contributed by atoms with Crippen molar-refractivity contribution in [3.05, 3.63) is 58.8 Å². The van der Waals surface area contributed by atoms with Gasteiger partial charge in [0.15, 0.2) is 0 Å². The molecule has 5 heterocycles. The molecule has 3 aromatic rings. The zero-order valence-electron chi connectivity index (χ0n) is 18.6. The van der Waals surface area contributed by atoms with E-state index in [9.17, 15) is 4.79 Å². The molecule has 0 spiro atoms. The standard InChI is InChI=1S/C24H27N7O2/c1-29-13-16(2-5-22(29)32)23-19-14-33-21-4-3-17(10-20(21)28-24(19)27-15-26-23)30-6-8-31(9-7-30)18-11-25-12-18/h2-5,10,13,15,18,25H,6-9,11-12,14H2,1H3,(H,26,27,28). The molecule has 170 valence electrons. The van der Waals surface area contributed by atoms with Crippen molar-refractivity contribution in [2.24, 2.45) is 7.05 Å². The average Bonchev–Trinajstić information content (AvgIpc) is 2.99. The predicted molar refractivity (Wildman–Crippen MR) is 127 cm³/mol. The topological polar surface area (TPSA) is 87.6 Å². The molecule has 1 aromatic carbocycles. The number of rotatable bonds is 3. The van der Waals surface area contributed by atoms with Gasteiger partial charge in [0.1, 0.15) is 24.5 Å². The summed E-state index contributed by atoms with van der Waals surface area (Å²) in [5, 5.41) is 6.84. The van der Waals surface area contributed by atoms with E-state index in [4.69, 9.17) is 4.74 Å². The fourth-order valence-electron chi connectivity index (χ4n) is 4.73. The van der Waals surface area contributed by atoms with E-state index >= 15 is 0 Å². The monoisotopic (exact) mass is 445 g/mol. The summed E-state index contributed by atoms with van der Waals surface area (Å²) >= 11 is 0. The number of aromatic nitrogens is 3. The predicted octanol–water partition coefficient (Wildman–Crippen LogP) is 1.57. The molecule has 2 aromatic heterocycles. The van der Waals surface area contributed by atoms with Crippen LogP contribution in [0, 0.1) is 0 Å². The lowest BCUT2D eigenvalue weighted by atomic mass is 10.1. The summed E-state index contributed by atoms with van der Waals surface area (Å²) in [6.45, 7) is 6.79. The number of nitrogens with zero attached hydrogens (tertiary/aromatic N) is 5. The van der Waals surface area contributed by atoms with Gasteiger partial charge in [0, 0.05) is 75.9 Å². The summed E-state index contributed by atoms with van der Waals surface area (Å²) in [5.74, 6) is 1.52. The summed E-state index contributed by atoms with van der Waals surface area (Å²) in [4.78, 5) is 25.8. The Morgan fingerprint density at radius 3 is 2.67 bits per heavy atom. The molecule has 33 heavy (non-hydrogen) atoms. The van der Waals surface area contributed by atoms with E-state index in [-0.39, 0.29) is 5.56 Å². The fraction of sp³-hybridized carbons (Fsp3) is 0.375. The quantitative estimate of drug-likeness (QED) is 0.628. The highest BCUT2D eigenvalue weighted by Gasteiger charge is 2.28. The molecular formula is C24H27N7O2. The van der Waals surface area contributed by atoms with Crippen LogP contribution in [0.5, 0.6) is 5.75 Å². The van der Waals surface area contributed by atoms with Gasteiger partial charge in [0.05, 0.1) is 16.9 Å². The molecule has 6 rings (SSSR count). The normalized spacial score (nSPS) is 18.4. The summed E-state index contributed by atoms with van der Waals surface area (Å²) < 4.78 is 7.71. The van der Waals surface area contributed by atoms with Gasteiger partial charge in [0.25, 0.3) is 0 Å². The van der Waals surface area contributed by atoms with Gasteiger partial charge in [0.2, 0.25) is 5.56 Å². The van der Waals surface area contributed by atoms with Crippen LogP contribution in [-0.4, -0.2) is 64.7 Å². The Hall–Kier alpha value is -3.43. The number of benzene rings is 1. The largest absolute Gasteiger partial charge is 0.486 e. The lowest BCUT2D eigenvalue weighted by Crippen LogP contribution is -2.61. The maximum absolute atomic E-state index is 11.8. The van der Waals surface area contributed by atoms with Crippen LogP contribution >= 0.6 is 0 Å². The number of pyridine rings is 1. The van der Waals surface area contributed by atoms with Gasteiger partial charge in [-0.05, 0) is 24.3 Å². The molecule has 0 amide bonds. The molecule has 0 radical (unpaired) electrons. The molecule has 2 saturated heterocycles. The number of aryl methyl sites for hydroxylation is 1. The van der Waals surface area contributed by atoms with Gasteiger partial charge in [-0.2, -0.15) is 0 Å². The first-order valence-corrected chi connectivity index (χ1v) is 11.4. The molecule has 0 aliphatic carbocycles. The van der Waals surface area contributed by atoms with Crippen LogP contribution in [0.3, 0.4) is 0 Å². The molecule has 0 bridgehead atoms. The van der Waals surface area contributed by atoms with E-state index < -0.39 is 0 Å². The second-order valence-electron chi connectivity index (χ2n) is 8.85. The van der Waals surface area contributed by atoms with Gasteiger partial charge in [-0.15, -0.1) is 0 Å². The summed E-state index contributed by atoms with van der Waals surface area (Å²) in [6, 6.07) is 10.4. The number of anilines is 3. The van der Waals surface area contributed by atoms with Crippen molar-refractivity contribution >= 4 is 17.2 Å². The lowest BCUT2D eigenvalue weighted by molar-refractivity contribution is 0.138. The summed E-state index contributed by atoms with van der Waals surface area (Å²) in [6.07, 6.45) is 3.34. The molecule has 3 aliphatic rings.